The van der Waals surface area contributed by atoms with Crippen molar-refractivity contribution < 1.29 is 4.42 Å². The van der Waals surface area contributed by atoms with Gasteiger partial charge in [0, 0.05) is 91.5 Å². The highest BCUT2D eigenvalue weighted by Gasteiger charge is 2.09. The lowest BCUT2D eigenvalue weighted by Crippen LogP contribution is -1.72. The smallest absolute Gasteiger partial charge is 0.135 e. The van der Waals surface area contributed by atoms with Crippen LogP contribution in [0.3, 0.4) is 0 Å². The summed E-state index contributed by atoms with van der Waals surface area (Å²) in [4.78, 5) is 0. The van der Waals surface area contributed by atoms with E-state index in [9.17, 15) is 0 Å². The zero-order chi connectivity index (χ0) is 47.7. The molecule has 0 amide bonds. The van der Waals surface area contributed by atoms with E-state index in [2.05, 4.69) is 217 Å². The number of hydrogen-bond donors (Lipinski definition) is 0. The molecule has 0 bridgehead atoms. The van der Waals surface area contributed by atoms with Crippen molar-refractivity contribution in [3.05, 3.63) is 240 Å². The molecule has 0 aliphatic rings. The van der Waals surface area contributed by atoms with Gasteiger partial charge in [0.1, 0.15) is 11.2 Å². The van der Waals surface area contributed by atoms with Gasteiger partial charge in [0.2, 0.25) is 0 Å². The number of aryl methyl sites for hydroxylation is 5. The second-order valence-electron chi connectivity index (χ2n) is 17.8. The molecule has 70 heavy (non-hydrogen) atoms. The first-order valence-electron chi connectivity index (χ1n) is 23.6. The molecular formula is C65H50OS4. The normalized spacial score (nSPS) is 11.2. The summed E-state index contributed by atoms with van der Waals surface area (Å²) in [5.41, 5.74) is 8.64. The van der Waals surface area contributed by atoms with Crippen LogP contribution in [0.1, 0.15) is 27.8 Å². The van der Waals surface area contributed by atoms with Crippen LogP contribution >= 0.6 is 45.3 Å². The second kappa shape index (κ2) is 19.7. The van der Waals surface area contributed by atoms with Crippen molar-refractivity contribution in [3.8, 4) is 0 Å². The second-order valence-corrected chi connectivity index (χ2v) is 22.1. The van der Waals surface area contributed by atoms with E-state index in [4.69, 9.17) is 4.42 Å². The summed E-state index contributed by atoms with van der Waals surface area (Å²) in [6.07, 6.45) is 0. The number of fused-ring (bicyclic) bond motifs is 15. The van der Waals surface area contributed by atoms with Crippen LogP contribution in [0.4, 0.5) is 0 Å². The number of para-hydroxylation sites is 1. The molecular weight excluding hydrogens is 925 g/mol. The summed E-state index contributed by atoms with van der Waals surface area (Å²) in [5.74, 6) is 0. The van der Waals surface area contributed by atoms with E-state index >= 15 is 0 Å². The largest absolute Gasteiger partial charge is 0.456 e. The lowest BCUT2D eigenvalue weighted by Gasteiger charge is -1.95. The summed E-state index contributed by atoms with van der Waals surface area (Å²) in [5, 5.41) is 13.6. The van der Waals surface area contributed by atoms with Gasteiger partial charge in [-0.1, -0.05) is 157 Å². The fourth-order valence-electron chi connectivity index (χ4n) is 9.46. The molecule has 0 radical (unpaired) electrons. The van der Waals surface area contributed by atoms with Gasteiger partial charge in [0.25, 0.3) is 0 Å². The molecule has 0 aliphatic carbocycles. The molecule has 5 heteroatoms. The molecule has 15 rings (SSSR count). The van der Waals surface area contributed by atoms with Crippen LogP contribution in [0.25, 0.3) is 103 Å². The van der Waals surface area contributed by atoms with Gasteiger partial charge in [0.05, 0.1) is 0 Å². The predicted molar refractivity (Wildman–Crippen MR) is 315 cm³/mol. The molecule has 1 nitrogen and oxygen atoms in total. The minimum Gasteiger partial charge on any atom is -0.456 e. The van der Waals surface area contributed by atoms with E-state index < -0.39 is 0 Å². The van der Waals surface area contributed by atoms with Gasteiger partial charge in [-0.15, -0.1) is 45.3 Å². The molecule has 0 unspecified atom stereocenters. The Morgan fingerprint density at radius 2 is 0.686 bits per heavy atom. The quantitative estimate of drug-likeness (QED) is 0.148. The van der Waals surface area contributed by atoms with Crippen molar-refractivity contribution in [2.24, 2.45) is 0 Å². The molecule has 0 atom stereocenters. The molecule has 0 N–H and O–H groups in total. The fraction of sp³-hybridized carbons (Fsp3) is 0.0769. The van der Waals surface area contributed by atoms with Gasteiger partial charge in [0.15, 0.2) is 0 Å². The summed E-state index contributed by atoms with van der Waals surface area (Å²) in [6.45, 7) is 10.8. The summed E-state index contributed by atoms with van der Waals surface area (Å²) in [7, 11) is 0. The average Bonchev–Trinajstić information content (AvgIpc) is 4.21. The lowest BCUT2D eigenvalue weighted by atomic mass is 10.1. The maximum Gasteiger partial charge on any atom is 0.135 e. The Balaban J connectivity index is 0.0000000952. The van der Waals surface area contributed by atoms with Crippen LogP contribution in [-0.2, 0) is 0 Å². The van der Waals surface area contributed by atoms with Gasteiger partial charge >= 0.3 is 0 Å². The van der Waals surface area contributed by atoms with Crippen molar-refractivity contribution in [1.82, 2.24) is 0 Å². The Morgan fingerprint density at radius 1 is 0.257 bits per heavy atom. The third-order valence-corrected chi connectivity index (χ3v) is 17.6. The van der Waals surface area contributed by atoms with Crippen LogP contribution in [-0.4, -0.2) is 0 Å². The maximum absolute atomic E-state index is 5.73. The topological polar surface area (TPSA) is 13.1 Å². The number of rotatable bonds is 0. The zero-order valence-electron chi connectivity index (χ0n) is 39.7. The van der Waals surface area contributed by atoms with E-state index in [1.165, 1.54) is 119 Å². The number of furan rings is 1. The van der Waals surface area contributed by atoms with Crippen LogP contribution in [0.15, 0.2) is 217 Å². The van der Waals surface area contributed by atoms with Gasteiger partial charge in [-0.2, -0.15) is 0 Å². The fourth-order valence-corrected chi connectivity index (χ4v) is 14.1. The summed E-state index contributed by atoms with van der Waals surface area (Å²) >= 11 is 7.51. The minimum absolute atomic E-state index is 0.969. The van der Waals surface area contributed by atoms with Crippen LogP contribution in [0, 0.1) is 34.6 Å². The lowest BCUT2D eigenvalue weighted by molar-refractivity contribution is 0.669. The molecule has 5 aromatic heterocycles. The Bertz CT molecular complexity index is 4180. The van der Waals surface area contributed by atoms with E-state index in [1.54, 1.807) is 0 Å². The first kappa shape index (κ1) is 45.3. The molecule has 340 valence electrons. The summed E-state index contributed by atoms with van der Waals surface area (Å²) < 4.78 is 16.9. The van der Waals surface area contributed by atoms with Crippen molar-refractivity contribution in [2.45, 2.75) is 34.6 Å². The predicted octanol–water partition coefficient (Wildman–Crippen LogP) is 21.3. The van der Waals surface area contributed by atoms with Gasteiger partial charge in [-0.3, -0.25) is 0 Å². The van der Waals surface area contributed by atoms with Crippen molar-refractivity contribution in [1.29, 1.82) is 0 Å². The molecule has 0 fully saturated rings. The van der Waals surface area contributed by atoms with Crippen molar-refractivity contribution in [3.63, 3.8) is 0 Å². The third-order valence-electron chi connectivity index (χ3n) is 12.9. The van der Waals surface area contributed by atoms with E-state index in [0.717, 1.165) is 11.2 Å². The number of hydrogen-bond acceptors (Lipinski definition) is 5. The molecule has 0 saturated heterocycles. The monoisotopic (exact) mass is 974 g/mol. The average molecular weight is 975 g/mol. The van der Waals surface area contributed by atoms with Crippen molar-refractivity contribution >= 4 is 148 Å². The molecule has 0 spiro atoms. The Morgan fingerprint density at radius 3 is 1.41 bits per heavy atom. The highest BCUT2D eigenvalue weighted by molar-refractivity contribution is 7.27. The van der Waals surface area contributed by atoms with Crippen LogP contribution in [0.5, 0.6) is 0 Å². The van der Waals surface area contributed by atoms with Gasteiger partial charge < -0.3 is 4.42 Å². The maximum atomic E-state index is 5.73. The molecule has 0 saturated carbocycles. The van der Waals surface area contributed by atoms with E-state index in [-0.39, 0.29) is 0 Å². The molecule has 0 aliphatic heterocycles. The highest BCUT2D eigenvalue weighted by atomic mass is 32.1. The van der Waals surface area contributed by atoms with E-state index in [1.807, 2.05) is 75.7 Å². The first-order chi connectivity index (χ1) is 34.3. The highest BCUT2D eigenvalue weighted by Crippen LogP contribution is 2.38. The Kier molecular flexibility index (Phi) is 12.8. The molecule has 15 aromatic rings. The summed E-state index contributed by atoms with van der Waals surface area (Å²) in [6, 6.07) is 75.1. The van der Waals surface area contributed by atoms with Crippen LogP contribution in [0.2, 0.25) is 0 Å². The standard InChI is InChI=1S/C13H10O.4C13H10S/c1-9-5-4-8-12-13(9)10-6-2-3-7-11(10)14-12;1-9-5-4-7-11-10-6-2-3-8-12(10)14-13(9)11;1-9-5-4-8-12-13(9)10-6-2-3-7-11(10)14-12;1-9-6-7-13-11(8-9)10-4-2-3-5-12(10)14-13;1-9-6-7-11-10-4-2-3-5-12(10)14-13(11)8-9/h5*2-8H,1H3. The first-order valence-corrected chi connectivity index (χ1v) is 26.9. The zero-order valence-corrected chi connectivity index (χ0v) is 43.0. The number of benzene rings is 10. The minimum atomic E-state index is 0.969. The molecule has 10 aromatic carbocycles. The molecule has 5 heterocycles. The van der Waals surface area contributed by atoms with Gasteiger partial charge in [-0.05, 0) is 118 Å². The number of thiophene rings is 4. The van der Waals surface area contributed by atoms with Crippen molar-refractivity contribution in [2.75, 3.05) is 0 Å². The van der Waals surface area contributed by atoms with Crippen LogP contribution < -0.4 is 0 Å². The van der Waals surface area contributed by atoms with Gasteiger partial charge in [-0.25, -0.2) is 0 Å². The Hall–Kier alpha value is -7.12. The SMILES string of the molecule is Cc1ccc2c(c1)sc1ccccc12.Cc1ccc2sc3ccccc3c2c1.Cc1cccc2c1sc1ccccc12.Cc1cccc2oc3ccccc3c12.Cc1cccc2sc3ccccc3c12. The van der Waals surface area contributed by atoms with E-state index in [0.29, 0.717) is 0 Å². The Labute approximate surface area is 424 Å². The third kappa shape index (κ3) is 8.98.